The van der Waals surface area contributed by atoms with Crippen molar-refractivity contribution >= 4 is 11.6 Å². The molecule has 4 aliphatic heterocycles. The fourth-order valence-electron chi connectivity index (χ4n) is 4.86. The Balaban J connectivity index is 1.44. The molecule has 6 heteroatoms. The third-order valence-corrected chi connectivity index (χ3v) is 6.07. The number of halogens is 1. The maximum atomic E-state index is 14.7. The minimum Gasteiger partial charge on any atom is -0.363 e. The Hall–Kier alpha value is -1.66. The van der Waals surface area contributed by atoms with Crippen LogP contribution in [-0.4, -0.2) is 55.1 Å². The Morgan fingerprint density at radius 2 is 1.88 bits per heavy atom. The van der Waals surface area contributed by atoms with Gasteiger partial charge in [-0.05, 0) is 43.5 Å². The van der Waals surface area contributed by atoms with Crippen molar-refractivity contribution in [2.45, 2.75) is 43.9 Å². The summed E-state index contributed by atoms with van der Waals surface area (Å²) in [6, 6.07) is 4.75. The van der Waals surface area contributed by atoms with Crippen LogP contribution in [0.2, 0.25) is 0 Å². The molecule has 3 atom stereocenters. The standard InChI is InChI=1S/C18H23FN4O/c19-16-6-13(23-14-5-15(23)9-21-8-14)4-11-10-22(18(24)17(11)16)12-2-1-3-20-7-12/h4,6,12,14-15,20-21H,1-3,5,7-10H2. The van der Waals surface area contributed by atoms with E-state index in [1.807, 2.05) is 4.90 Å². The van der Waals surface area contributed by atoms with Crippen LogP contribution < -0.4 is 15.5 Å². The van der Waals surface area contributed by atoms with E-state index in [-0.39, 0.29) is 17.8 Å². The highest BCUT2D eigenvalue weighted by Crippen LogP contribution is 2.38. The summed E-state index contributed by atoms with van der Waals surface area (Å²) in [4.78, 5) is 16.9. The molecule has 2 bridgehead atoms. The van der Waals surface area contributed by atoms with Crippen molar-refractivity contribution in [3.8, 4) is 0 Å². The van der Waals surface area contributed by atoms with Crippen molar-refractivity contribution in [1.82, 2.24) is 15.5 Å². The third-order valence-electron chi connectivity index (χ3n) is 6.07. The summed E-state index contributed by atoms with van der Waals surface area (Å²) in [6.07, 6.45) is 3.26. The van der Waals surface area contributed by atoms with Crippen molar-refractivity contribution < 1.29 is 9.18 Å². The summed E-state index contributed by atoms with van der Waals surface area (Å²) in [5.74, 6) is -0.482. The highest BCUT2D eigenvalue weighted by molar-refractivity contribution is 5.99. The zero-order valence-corrected chi connectivity index (χ0v) is 13.7. The number of fused-ring (bicyclic) bond motifs is 3. The SMILES string of the molecule is O=C1c2c(F)cc(N3C4CNCC3C4)cc2CN1C1CCCNC1. The highest BCUT2D eigenvalue weighted by Gasteiger charge is 2.43. The number of piperazine rings is 1. The lowest BCUT2D eigenvalue weighted by molar-refractivity contribution is 0.0671. The summed E-state index contributed by atoms with van der Waals surface area (Å²) in [7, 11) is 0. The van der Waals surface area contributed by atoms with Crippen LogP contribution in [0, 0.1) is 5.82 Å². The van der Waals surface area contributed by atoms with Gasteiger partial charge in [-0.25, -0.2) is 4.39 Å². The molecular weight excluding hydrogens is 307 g/mol. The highest BCUT2D eigenvalue weighted by atomic mass is 19.1. The van der Waals surface area contributed by atoms with E-state index >= 15 is 0 Å². The number of benzene rings is 1. The number of amides is 1. The molecule has 24 heavy (non-hydrogen) atoms. The molecule has 3 unspecified atom stereocenters. The minimum atomic E-state index is -0.350. The van der Waals surface area contributed by atoms with Crippen LogP contribution in [0.4, 0.5) is 10.1 Å². The van der Waals surface area contributed by atoms with Gasteiger partial charge in [0.15, 0.2) is 0 Å². The average Bonchev–Trinajstić information content (AvgIpc) is 2.93. The Morgan fingerprint density at radius 1 is 1.08 bits per heavy atom. The summed E-state index contributed by atoms with van der Waals surface area (Å²) >= 11 is 0. The average molecular weight is 330 g/mol. The van der Waals surface area contributed by atoms with Crippen molar-refractivity contribution in [3.63, 3.8) is 0 Å². The first kappa shape index (κ1) is 14.7. The molecule has 1 aromatic carbocycles. The number of nitrogens with one attached hydrogen (secondary N) is 2. The van der Waals surface area contributed by atoms with E-state index in [2.05, 4.69) is 21.6 Å². The van der Waals surface area contributed by atoms with E-state index in [1.165, 1.54) is 6.42 Å². The van der Waals surface area contributed by atoms with Crippen molar-refractivity contribution in [1.29, 1.82) is 0 Å². The van der Waals surface area contributed by atoms with Crippen LogP contribution in [-0.2, 0) is 6.54 Å². The van der Waals surface area contributed by atoms with E-state index in [9.17, 15) is 9.18 Å². The minimum absolute atomic E-state index is 0.131. The van der Waals surface area contributed by atoms with Gasteiger partial charge in [0.2, 0.25) is 0 Å². The molecule has 0 aromatic heterocycles. The predicted octanol–water partition coefficient (Wildman–Crippen LogP) is 1.08. The number of piperidine rings is 2. The van der Waals surface area contributed by atoms with E-state index in [0.717, 1.165) is 50.3 Å². The van der Waals surface area contributed by atoms with E-state index in [0.29, 0.717) is 24.2 Å². The molecule has 1 aromatic rings. The smallest absolute Gasteiger partial charge is 0.257 e. The van der Waals surface area contributed by atoms with Crippen LogP contribution in [0.25, 0.3) is 0 Å². The number of hydrogen-bond donors (Lipinski definition) is 2. The number of anilines is 1. The second-order valence-corrected chi connectivity index (χ2v) is 7.50. The topological polar surface area (TPSA) is 47.6 Å². The van der Waals surface area contributed by atoms with E-state index in [1.54, 1.807) is 6.07 Å². The summed E-state index contributed by atoms with van der Waals surface area (Å²) in [6.45, 7) is 4.31. The molecule has 4 heterocycles. The van der Waals surface area contributed by atoms with Crippen LogP contribution in [0.3, 0.4) is 0 Å². The molecule has 0 aliphatic carbocycles. The van der Waals surface area contributed by atoms with E-state index < -0.39 is 0 Å². The maximum Gasteiger partial charge on any atom is 0.257 e. The molecule has 128 valence electrons. The van der Waals surface area contributed by atoms with Crippen molar-refractivity contribution in [2.24, 2.45) is 0 Å². The Kier molecular flexibility index (Phi) is 3.31. The van der Waals surface area contributed by atoms with Crippen LogP contribution >= 0.6 is 0 Å². The predicted molar refractivity (Wildman–Crippen MR) is 89.7 cm³/mol. The molecule has 1 amide bonds. The van der Waals surface area contributed by atoms with Gasteiger partial charge >= 0.3 is 0 Å². The molecular formula is C18H23FN4O. The van der Waals surface area contributed by atoms with E-state index in [4.69, 9.17) is 0 Å². The first-order valence-corrected chi connectivity index (χ1v) is 9.05. The zero-order valence-electron chi connectivity index (χ0n) is 13.7. The van der Waals surface area contributed by atoms with Crippen LogP contribution in [0.5, 0.6) is 0 Å². The number of rotatable bonds is 2. The maximum absolute atomic E-state index is 14.7. The van der Waals surface area contributed by atoms with Crippen molar-refractivity contribution in [3.05, 3.63) is 29.1 Å². The van der Waals surface area contributed by atoms with Gasteiger partial charge in [0.1, 0.15) is 5.82 Å². The van der Waals surface area contributed by atoms with Gasteiger partial charge in [0, 0.05) is 50.0 Å². The monoisotopic (exact) mass is 330 g/mol. The third kappa shape index (κ3) is 2.09. The Morgan fingerprint density at radius 3 is 2.58 bits per heavy atom. The Labute approximate surface area is 141 Å². The molecule has 4 aliphatic rings. The number of hydrogen-bond acceptors (Lipinski definition) is 4. The normalized spacial score (nSPS) is 31.9. The molecule has 5 rings (SSSR count). The Bertz CT molecular complexity index is 674. The molecule has 0 saturated carbocycles. The van der Waals surface area contributed by atoms with Gasteiger partial charge in [-0.3, -0.25) is 4.79 Å². The quantitative estimate of drug-likeness (QED) is 0.852. The first-order chi connectivity index (χ1) is 11.7. The van der Waals surface area contributed by atoms with Crippen LogP contribution in [0.15, 0.2) is 12.1 Å². The lowest BCUT2D eigenvalue weighted by Gasteiger charge is -2.54. The van der Waals surface area contributed by atoms with Gasteiger partial charge < -0.3 is 20.4 Å². The second-order valence-electron chi connectivity index (χ2n) is 7.50. The number of nitrogens with zero attached hydrogens (tertiary/aromatic N) is 2. The molecule has 2 N–H and O–H groups in total. The van der Waals surface area contributed by atoms with Gasteiger partial charge in [-0.1, -0.05) is 0 Å². The molecule has 3 saturated heterocycles. The number of carbonyl (C=O) groups is 1. The van der Waals surface area contributed by atoms with Gasteiger partial charge in [0.05, 0.1) is 5.56 Å². The fourth-order valence-corrected chi connectivity index (χ4v) is 4.86. The number of carbonyl (C=O) groups excluding carboxylic acids is 1. The van der Waals surface area contributed by atoms with Crippen molar-refractivity contribution in [2.75, 3.05) is 31.1 Å². The van der Waals surface area contributed by atoms with Gasteiger partial charge in [-0.2, -0.15) is 0 Å². The second kappa shape index (κ2) is 5.43. The fraction of sp³-hybridized carbons (Fsp3) is 0.611. The molecule has 3 fully saturated rings. The first-order valence-electron chi connectivity index (χ1n) is 9.05. The lowest BCUT2D eigenvalue weighted by Crippen LogP contribution is -2.68. The van der Waals surface area contributed by atoms with Gasteiger partial charge in [0.25, 0.3) is 5.91 Å². The summed E-state index contributed by atoms with van der Waals surface area (Å²) < 4.78 is 14.7. The zero-order chi connectivity index (χ0) is 16.3. The molecule has 0 spiro atoms. The van der Waals surface area contributed by atoms with Crippen LogP contribution in [0.1, 0.15) is 35.2 Å². The molecule has 0 radical (unpaired) electrons. The molecule has 5 nitrogen and oxygen atoms in total. The largest absolute Gasteiger partial charge is 0.363 e. The summed E-state index contributed by atoms with van der Waals surface area (Å²) in [5, 5.41) is 6.75. The summed E-state index contributed by atoms with van der Waals surface area (Å²) in [5.41, 5.74) is 2.11. The lowest BCUT2D eigenvalue weighted by atomic mass is 9.87. The van der Waals surface area contributed by atoms with Gasteiger partial charge in [-0.15, -0.1) is 0 Å².